The standard InChI is InChI=1S/C14H18N2O3/c1-10-13(14(17)16-15-10)9-11-3-5-12(6-4-11)19-8-7-18-2/h3-6H,7-9H2,1-2H3,(H2,15,16,17). The fraction of sp³-hybridized carbons (Fsp3) is 0.357. The first-order valence-electron chi connectivity index (χ1n) is 6.17. The molecule has 0 amide bonds. The average Bonchev–Trinajstić information content (AvgIpc) is 2.73. The molecule has 1 aromatic heterocycles. The van der Waals surface area contributed by atoms with Gasteiger partial charge in [-0.3, -0.25) is 9.89 Å². The number of ether oxygens (including phenoxy) is 2. The highest BCUT2D eigenvalue weighted by Crippen LogP contribution is 2.14. The number of aromatic nitrogens is 2. The van der Waals surface area contributed by atoms with Gasteiger partial charge in [0.05, 0.1) is 6.61 Å². The molecule has 0 aliphatic heterocycles. The van der Waals surface area contributed by atoms with Crippen molar-refractivity contribution in [1.29, 1.82) is 0 Å². The molecule has 0 radical (unpaired) electrons. The summed E-state index contributed by atoms with van der Waals surface area (Å²) < 4.78 is 10.4. The molecule has 19 heavy (non-hydrogen) atoms. The van der Waals surface area contributed by atoms with Crippen molar-refractivity contribution < 1.29 is 9.47 Å². The first kappa shape index (κ1) is 13.4. The van der Waals surface area contributed by atoms with Gasteiger partial charge in [0.1, 0.15) is 12.4 Å². The van der Waals surface area contributed by atoms with Gasteiger partial charge in [-0.05, 0) is 24.6 Å². The largest absolute Gasteiger partial charge is 0.491 e. The molecule has 102 valence electrons. The van der Waals surface area contributed by atoms with Gasteiger partial charge < -0.3 is 14.6 Å². The minimum Gasteiger partial charge on any atom is -0.491 e. The molecule has 2 rings (SSSR count). The second-order valence-corrected chi connectivity index (χ2v) is 4.34. The predicted octanol–water partition coefficient (Wildman–Crippen LogP) is 1.63. The van der Waals surface area contributed by atoms with Crippen molar-refractivity contribution >= 4 is 0 Å². The van der Waals surface area contributed by atoms with Crippen LogP contribution in [0.25, 0.3) is 0 Å². The van der Waals surface area contributed by atoms with E-state index in [2.05, 4.69) is 10.2 Å². The molecule has 2 aromatic rings. The molecule has 0 bridgehead atoms. The molecule has 0 atom stereocenters. The van der Waals surface area contributed by atoms with Gasteiger partial charge in [0.25, 0.3) is 5.56 Å². The lowest BCUT2D eigenvalue weighted by atomic mass is 10.1. The van der Waals surface area contributed by atoms with Crippen LogP contribution in [0.15, 0.2) is 29.1 Å². The summed E-state index contributed by atoms with van der Waals surface area (Å²) in [6.45, 7) is 2.99. The number of hydrogen-bond acceptors (Lipinski definition) is 3. The van der Waals surface area contributed by atoms with Crippen molar-refractivity contribution in [2.24, 2.45) is 0 Å². The van der Waals surface area contributed by atoms with E-state index < -0.39 is 0 Å². The number of benzene rings is 1. The molecular formula is C14H18N2O3. The van der Waals surface area contributed by atoms with Gasteiger partial charge in [0, 0.05) is 24.8 Å². The van der Waals surface area contributed by atoms with Gasteiger partial charge in [0.15, 0.2) is 0 Å². The van der Waals surface area contributed by atoms with Crippen LogP contribution in [0.5, 0.6) is 5.75 Å². The first-order chi connectivity index (χ1) is 9.20. The molecule has 0 saturated carbocycles. The van der Waals surface area contributed by atoms with Crippen LogP contribution in [-0.2, 0) is 11.2 Å². The van der Waals surface area contributed by atoms with Gasteiger partial charge in [-0.1, -0.05) is 12.1 Å². The van der Waals surface area contributed by atoms with Gasteiger partial charge >= 0.3 is 0 Å². The highest BCUT2D eigenvalue weighted by atomic mass is 16.5. The summed E-state index contributed by atoms with van der Waals surface area (Å²) in [5.41, 5.74) is 2.67. The highest BCUT2D eigenvalue weighted by Gasteiger charge is 2.06. The Bertz CT molecular complexity index is 569. The third kappa shape index (κ3) is 3.48. The maximum absolute atomic E-state index is 11.6. The Morgan fingerprint density at radius 1 is 1.11 bits per heavy atom. The Morgan fingerprint density at radius 2 is 1.84 bits per heavy atom. The fourth-order valence-corrected chi connectivity index (χ4v) is 1.84. The van der Waals surface area contributed by atoms with Crippen LogP contribution in [0.3, 0.4) is 0 Å². The number of nitrogens with one attached hydrogen (secondary N) is 2. The monoisotopic (exact) mass is 262 g/mol. The normalized spacial score (nSPS) is 10.6. The molecule has 0 saturated heterocycles. The topological polar surface area (TPSA) is 67.1 Å². The number of aromatic amines is 2. The maximum atomic E-state index is 11.6. The van der Waals surface area contributed by atoms with Crippen molar-refractivity contribution in [3.63, 3.8) is 0 Å². The van der Waals surface area contributed by atoms with Crippen molar-refractivity contribution in [2.45, 2.75) is 13.3 Å². The number of hydrogen-bond donors (Lipinski definition) is 2. The Labute approximate surface area is 111 Å². The minimum absolute atomic E-state index is 0.0575. The molecule has 0 fully saturated rings. The predicted molar refractivity (Wildman–Crippen MR) is 72.8 cm³/mol. The van der Waals surface area contributed by atoms with Crippen molar-refractivity contribution in [3.05, 3.63) is 51.4 Å². The zero-order chi connectivity index (χ0) is 13.7. The lowest BCUT2D eigenvalue weighted by molar-refractivity contribution is 0.146. The van der Waals surface area contributed by atoms with Crippen molar-refractivity contribution in [1.82, 2.24) is 10.2 Å². The molecule has 5 nitrogen and oxygen atoms in total. The van der Waals surface area contributed by atoms with Crippen LogP contribution in [0.1, 0.15) is 16.8 Å². The Kier molecular flexibility index (Phi) is 4.41. The molecule has 5 heteroatoms. The second-order valence-electron chi connectivity index (χ2n) is 4.34. The van der Waals surface area contributed by atoms with Gasteiger partial charge in [-0.15, -0.1) is 0 Å². The quantitative estimate of drug-likeness (QED) is 0.777. The van der Waals surface area contributed by atoms with Gasteiger partial charge in [-0.2, -0.15) is 0 Å². The summed E-state index contributed by atoms with van der Waals surface area (Å²) in [5, 5.41) is 5.41. The van der Waals surface area contributed by atoms with E-state index in [1.54, 1.807) is 7.11 Å². The van der Waals surface area contributed by atoms with E-state index in [-0.39, 0.29) is 5.56 Å². The number of H-pyrrole nitrogens is 2. The van der Waals surface area contributed by atoms with E-state index >= 15 is 0 Å². The van der Waals surface area contributed by atoms with Crippen molar-refractivity contribution in [2.75, 3.05) is 20.3 Å². The van der Waals surface area contributed by atoms with E-state index in [1.807, 2.05) is 31.2 Å². The molecule has 0 spiro atoms. The average molecular weight is 262 g/mol. The number of rotatable bonds is 6. The molecule has 0 aliphatic rings. The fourth-order valence-electron chi connectivity index (χ4n) is 1.84. The highest BCUT2D eigenvalue weighted by molar-refractivity contribution is 5.31. The van der Waals surface area contributed by atoms with Crippen LogP contribution in [0.2, 0.25) is 0 Å². The van der Waals surface area contributed by atoms with E-state index in [1.165, 1.54) is 0 Å². The smallest absolute Gasteiger partial charge is 0.267 e. The second kappa shape index (κ2) is 6.24. The van der Waals surface area contributed by atoms with E-state index in [0.717, 1.165) is 22.6 Å². The molecular weight excluding hydrogens is 244 g/mol. The molecule has 1 heterocycles. The van der Waals surface area contributed by atoms with Crippen LogP contribution < -0.4 is 10.3 Å². The van der Waals surface area contributed by atoms with Crippen LogP contribution in [0.4, 0.5) is 0 Å². The van der Waals surface area contributed by atoms with E-state index in [0.29, 0.717) is 19.6 Å². The van der Waals surface area contributed by atoms with Gasteiger partial charge in [0.2, 0.25) is 0 Å². The number of aryl methyl sites for hydroxylation is 1. The Morgan fingerprint density at radius 3 is 2.42 bits per heavy atom. The zero-order valence-electron chi connectivity index (χ0n) is 11.2. The minimum atomic E-state index is -0.0575. The number of methoxy groups -OCH3 is 1. The maximum Gasteiger partial charge on any atom is 0.267 e. The van der Waals surface area contributed by atoms with E-state index in [4.69, 9.17) is 9.47 Å². The molecule has 1 aromatic carbocycles. The summed E-state index contributed by atoms with van der Waals surface area (Å²) in [4.78, 5) is 11.6. The zero-order valence-corrected chi connectivity index (χ0v) is 11.2. The summed E-state index contributed by atoms with van der Waals surface area (Å²) >= 11 is 0. The lowest BCUT2D eigenvalue weighted by Gasteiger charge is -2.06. The molecule has 0 unspecified atom stereocenters. The van der Waals surface area contributed by atoms with Crippen LogP contribution in [-0.4, -0.2) is 30.5 Å². The van der Waals surface area contributed by atoms with Gasteiger partial charge in [-0.25, -0.2) is 0 Å². The summed E-state index contributed by atoms with van der Waals surface area (Å²) in [6, 6.07) is 7.74. The van der Waals surface area contributed by atoms with E-state index in [9.17, 15) is 4.79 Å². The van der Waals surface area contributed by atoms with Crippen molar-refractivity contribution in [3.8, 4) is 5.75 Å². The summed E-state index contributed by atoms with van der Waals surface area (Å²) in [6.07, 6.45) is 0.614. The third-order valence-corrected chi connectivity index (χ3v) is 2.95. The third-order valence-electron chi connectivity index (χ3n) is 2.95. The molecule has 0 aliphatic carbocycles. The SMILES string of the molecule is COCCOc1ccc(Cc2c(C)[nH][nH]c2=O)cc1. The molecule has 2 N–H and O–H groups in total. The first-order valence-corrected chi connectivity index (χ1v) is 6.17. The summed E-state index contributed by atoms with van der Waals surface area (Å²) in [7, 11) is 1.64. The lowest BCUT2D eigenvalue weighted by Crippen LogP contribution is -2.07. The Balaban J connectivity index is 2.01. The summed E-state index contributed by atoms with van der Waals surface area (Å²) in [5.74, 6) is 0.806. The van der Waals surface area contributed by atoms with Crippen LogP contribution in [0, 0.1) is 6.92 Å². The van der Waals surface area contributed by atoms with Crippen LogP contribution >= 0.6 is 0 Å². The Hall–Kier alpha value is -2.01.